The quantitative estimate of drug-likeness (QED) is 0.904. The zero-order chi connectivity index (χ0) is 12.8. The summed E-state index contributed by atoms with van der Waals surface area (Å²) >= 11 is 0. The zero-order valence-corrected chi connectivity index (χ0v) is 12.5. The molecule has 0 spiro atoms. The van der Waals surface area contributed by atoms with Crippen LogP contribution in [0, 0.1) is 0 Å². The molecule has 1 aromatic carbocycles. The van der Waals surface area contributed by atoms with Gasteiger partial charge in [0.05, 0.1) is 6.61 Å². The van der Waals surface area contributed by atoms with Gasteiger partial charge in [0.25, 0.3) is 0 Å². The summed E-state index contributed by atoms with van der Waals surface area (Å²) < 4.78 is 5.55. The monoisotopic (exact) mass is 284 g/mol. The summed E-state index contributed by atoms with van der Waals surface area (Å²) in [6.07, 6.45) is 3.85. The minimum Gasteiger partial charge on any atom is -0.494 e. The van der Waals surface area contributed by atoms with Gasteiger partial charge in [0.2, 0.25) is 0 Å². The molecule has 0 amide bonds. The molecule has 2 rings (SSSR count). The maximum Gasteiger partial charge on any atom is 0.119 e. The average molecular weight is 285 g/mol. The van der Waals surface area contributed by atoms with E-state index in [0.29, 0.717) is 6.04 Å². The van der Waals surface area contributed by atoms with Gasteiger partial charge >= 0.3 is 0 Å². The van der Waals surface area contributed by atoms with E-state index in [1.165, 1.54) is 31.4 Å². The second-order valence-corrected chi connectivity index (χ2v) is 4.94. The Morgan fingerprint density at radius 2 is 2.21 bits per heavy atom. The summed E-state index contributed by atoms with van der Waals surface area (Å²) in [6.45, 7) is 5.66. The van der Waals surface area contributed by atoms with E-state index in [9.17, 15) is 0 Å². The largest absolute Gasteiger partial charge is 0.494 e. The van der Waals surface area contributed by atoms with Crippen LogP contribution in [-0.4, -0.2) is 30.6 Å². The molecule has 1 aliphatic rings. The molecule has 1 aliphatic heterocycles. The molecule has 2 N–H and O–H groups in total. The average Bonchev–Trinajstić information content (AvgIpc) is 2.40. The molecule has 1 heterocycles. The van der Waals surface area contributed by atoms with Crippen LogP contribution in [0.15, 0.2) is 24.3 Å². The van der Waals surface area contributed by atoms with E-state index >= 15 is 0 Å². The SMILES string of the molecule is CCOc1cccc(CN2CCCCC2CN)c1.Cl. The number of rotatable bonds is 5. The van der Waals surface area contributed by atoms with Crippen molar-refractivity contribution in [3.05, 3.63) is 29.8 Å². The summed E-state index contributed by atoms with van der Waals surface area (Å²) in [7, 11) is 0. The zero-order valence-electron chi connectivity index (χ0n) is 11.7. The molecule has 0 bridgehead atoms. The van der Waals surface area contributed by atoms with E-state index in [-0.39, 0.29) is 12.4 Å². The fourth-order valence-electron chi connectivity index (χ4n) is 2.67. The predicted molar refractivity (Wildman–Crippen MR) is 82.0 cm³/mol. The first kappa shape index (κ1) is 16.3. The third kappa shape index (κ3) is 4.68. The van der Waals surface area contributed by atoms with E-state index in [1.54, 1.807) is 0 Å². The van der Waals surface area contributed by atoms with Crippen LogP contribution >= 0.6 is 12.4 Å². The summed E-state index contributed by atoms with van der Waals surface area (Å²) in [4.78, 5) is 2.51. The van der Waals surface area contributed by atoms with Crippen molar-refractivity contribution in [1.29, 1.82) is 0 Å². The van der Waals surface area contributed by atoms with Crippen LogP contribution in [0.25, 0.3) is 0 Å². The number of hydrogen-bond donors (Lipinski definition) is 1. The Kier molecular flexibility index (Phi) is 7.21. The van der Waals surface area contributed by atoms with E-state index in [1.807, 2.05) is 13.0 Å². The molecule has 19 heavy (non-hydrogen) atoms. The highest BCUT2D eigenvalue weighted by Crippen LogP contribution is 2.21. The molecule has 0 aliphatic carbocycles. The smallest absolute Gasteiger partial charge is 0.119 e. The van der Waals surface area contributed by atoms with Crippen molar-refractivity contribution in [2.45, 2.75) is 38.8 Å². The van der Waals surface area contributed by atoms with Crippen molar-refractivity contribution in [1.82, 2.24) is 4.90 Å². The molecule has 1 aromatic rings. The van der Waals surface area contributed by atoms with Crippen LogP contribution in [0.2, 0.25) is 0 Å². The molecule has 1 unspecified atom stereocenters. The van der Waals surface area contributed by atoms with Gasteiger partial charge in [-0.1, -0.05) is 18.6 Å². The van der Waals surface area contributed by atoms with Gasteiger partial charge in [0.15, 0.2) is 0 Å². The van der Waals surface area contributed by atoms with Crippen molar-refractivity contribution >= 4 is 12.4 Å². The van der Waals surface area contributed by atoms with Crippen molar-refractivity contribution in [2.75, 3.05) is 19.7 Å². The number of benzene rings is 1. The molecule has 0 radical (unpaired) electrons. The van der Waals surface area contributed by atoms with Gasteiger partial charge < -0.3 is 10.5 Å². The summed E-state index contributed by atoms with van der Waals surface area (Å²) in [5, 5.41) is 0. The van der Waals surface area contributed by atoms with Gasteiger partial charge in [-0.2, -0.15) is 0 Å². The second kappa shape index (κ2) is 8.41. The lowest BCUT2D eigenvalue weighted by atomic mass is 10.0. The Hall–Kier alpha value is -0.770. The third-order valence-corrected chi connectivity index (χ3v) is 3.62. The predicted octanol–water partition coefficient (Wildman–Crippen LogP) is 2.82. The molecular weight excluding hydrogens is 260 g/mol. The highest BCUT2D eigenvalue weighted by Gasteiger charge is 2.20. The lowest BCUT2D eigenvalue weighted by molar-refractivity contribution is 0.144. The first-order valence-electron chi connectivity index (χ1n) is 6.99. The highest BCUT2D eigenvalue weighted by atomic mass is 35.5. The third-order valence-electron chi connectivity index (χ3n) is 3.62. The van der Waals surface area contributed by atoms with E-state index in [0.717, 1.165) is 25.4 Å². The van der Waals surface area contributed by atoms with Crippen LogP contribution in [0.1, 0.15) is 31.7 Å². The first-order chi connectivity index (χ1) is 8.83. The first-order valence-corrected chi connectivity index (χ1v) is 6.99. The molecule has 4 heteroatoms. The minimum atomic E-state index is 0. The lowest BCUT2D eigenvalue weighted by Crippen LogP contribution is -2.43. The van der Waals surface area contributed by atoms with Crippen LogP contribution in [0.4, 0.5) is 0 Å². The standard InChI is InChI=1S/C15H24N2O.ClH/c1-2-18-15-8-5-6-13(10-15)12-17-9-4-3-7-14(17)11-16;/h5-6,8,10,14H,2-4,7,9,11-12,16H2,1H3;1H. The van der Waals surface area contributed by atoms with Gasteiger partial charge in [-0.3, -0.25) is 4.90 Å². The molecule has 108 valence electrons. The van der Waals surface area contributed by atoms with Crippen molar-refractivity contribution in [2.24, 2.45) is 5.73 Å². The molecule has 1 saturated heterocycles. The topological polar surface area (TPSA) is 38.5 Å². The van der Waals surface area contributed by atoms with E-state index in [4.69, 9.17) is 10.5 Å². The molecular formula is C15H25ClN2O. The van der Waals surface area contributed by atoms with Crippen LogP contribution in [-0.2, 0) is 6.54 Å². The van der Waals surface area contributed by atoms with Gasteiger partial charge in [0.1, 0.15) is 5.75 Å². The number of halogens is 1. The Morgan fingerprint density at radius 3 is 2.95 bits per heavy atom. The molecule has 0 saturated carbocycles. The van der Waals surface area contributed by atoms with Crippen molar-refractivity contribution < 1.29 is 4.74 Å². The Morgan fingerprint density at radius 1 is 1.37 bits per heavy atom. The van der Waals surface area contributed by atoms with Crippen LogP contribution in [0.3, 0.4) is 0 Å². The van der Waals surface area contributed by atoms with Gasteiger partial charge in [0, 0.05) is 19.1 Å². The highest BCUT2D eigenvalue weighted by molar-refractivity contribution is 5.85. The summed E-state index contributed by atoms with van der Waals surface area (Å²) in [6, 6.07) is 8.95. The molecule has 1 fully saturated rings. The van der Waals surface area contributed by atoms with Crippen molar-refractivity contribution in [3.63, 3.8) is 0 Å². The van der Waals surface area contributed by atoms with E-state index in [2.05, 4.69) is 23.1 Å². The number of piperidine rings is 1. The normalized spacial score (nSPS) is 19.8. The molecule has 1 atom stereocenters. The Labute approximate surface area is 122 Å². The van der Waals surface area contributed by atoms with E-state index < -0.39 is 0 Å². The van der Waals surface area contributed by atoms with Crippen molar-refractivity contribution in [3.8, 4) is 5.75 Å². The Bertz CT molecular complexity index is 373. The molecule has 3 nitrogen and oxygen atoms in total. The lowest BCUT2D eigenvalue weighted by Gasteiger charge is -2.35. The minimum absolute atomic E-state index is 0. The fourth-order valence-corrected chi connectivity index (χ4v) is 2.67. The second-order valence-electron chi connectivity index (χ2n) is 4.94. The maximum absolute atomic E-state index is 5.86. The number of ether oxygens (including phenoxy) is 1. The van der Waals surface area contributed by atoms with Crippen LogP contribution < -0.4 is 10.5 Å². The number of likely N-dealkylation sites (tertiary alicyclic amines) is 1. The number of nitrogens with zero attached hydrogens (tertiary/aromatic N) is 1. The van der Waals surface area contributed by atoms with Crippen LogP contribution in [0.5, 0.6) is 5.75 Å². The summed E-state index contributed by atoms with van der Waals surface area (Å²) in [5.74, 6) is 0.969. The summed E-state index contributed by atoms with van der Waals surface area (Å²) in [5.41, 5.74) is 7.18. The van der Waals surface area contributed by atoms with Gasteiger partial charge in [-0.05, 0) is 44.0 Å². The Balaban J connectivity index is 0.00000180. The molecule has 0 aromatic heterocycles. The fraction of sp³-hybridized carbons (Fsp3) is 0.600. The van der Waals surface area contributed by atoms with Gasteiger partial charge in [-0.25, -0.2) is 0 Å². The number of nitrogens with two attached hydrogens (primary N) is 1. The number of hydrogen-bond acceptors (Lipinski definition) is 3. The maximum atomic E-state index is 5.86. The van der Waals surface area contributed by atoms with Gasteiger partial charge in [-0.15, -0.1) is 12.4 Å².